The molecule has 1 atom stereocenters. The highest BCUT2D eigenvalue weighted by Crippen LogP contribution is 2.55. The number of anilines is 3. The molecule has 0 spiro atoms. The largest absolute Gasteiger partial charge is 0.309 e. The summed E-state index contributed by atoms with van der Waals surface area (Å²) in [5.74, 6) is 0.573. The molecule has 2 aliphatic carbocycles. The molecule has 302 valence electrons. The molecule has 10 aromatic carbocycles. The fraction of sp³-hybridized carbons (Fsp3) is 0.129. The summed E-state index contributed by atoms with van der Waals surface area (Å²) in [5, 5.41) is 7.77. The summed E-state index contributed by atoms with van der Waals surface area (Å²) in [4.78, 5) is 2.57. The maximum atomic E-state index is 2.57. The monoisotopic (exact) mass is 807 g/mol. The molecule has 63 heavy (non-hydrogen) atoms. The molecule has 1 fully saturated rings. The van der Waals surface area contributed by atoms with Crippen molar-refractivity contribution in [1.29, 1.82) is 0 Å². The normalized spacial score (nSPS) is 16.0. The second kappa shape index (κ2) is 15.3. The number of benzene rings is 10. The third-order valence-electron chi connectivity index (χ3n) is 14.5. The molecule has 0 heterocycles. The topological polar surface area (TPSA) is 3.24 Å². The van der Waals surface area contributed by atoms with E-state index in [9.17, 15) is 0 Å². The minimum Gasteiger partial charge on any atom is -0.309 e. The Labute approximate surface area is 370 Å². The first-order chi connectivity index (χ1) is 31.2. The van der Waals surface area contributed by atoms with E-state index in [1.165, 1.54) is 126 Å². The predicted molar refractivity (Wildman–Crippen MR) is 268 cm³/mol. The van der Waals surface area contributed by atoms with Gasteiger partial charge in [-0.2, -0.15) is 0 Å². The van der Waals surface area contributed by atoms with Crippen LogP contribution in [0.3, 0.4) is 0 Å². The van der Waals surface area contributed by atoms with E-state index in [1.54, 1.807) is 0 Å². The SMILES string of the molecule is CC1(c2ccccc2)c2ccccc2-c2ccc(N(c3ccccc3-c3cccc4c3ccc3ccccc34)c3ccccc3-c3cccc4cccc(C5CCCCC5)c34)cc21. The summed E-state index contributed by atoms with van der Waals surface area (Å²) in [5.41, 5.74) is 16.2. The second-order valence-electron chi connectivity index (χ2n) is 17.9. The van der Waals surface area contributed by atoms with Gasteiger partial charge in [0, 0.05) is 22.2 Å². The number of rotatable bonds is 7. The van der Waals surface area contributed by atoms with Crippen molar-refractivity contribution in [3.63, 3.8) is 0 Å². The van der Waals surface area contributed by atoms with Gasteiger partial charge in [-0.05, 0) is 127 Å². The molecule has 0 saturated heterocycles. The van der Waals surface area contributed by atoms with E-state index in [4.69, 9.17) is 0 Å². The van der Waals surface area contributed by atoms with Crippen molar-refractivity contribution < 1.29 is 0 Å². The van der Waals surface area contributed by atoms with Crippen LogP contribution < -0.4 is 4.90 Å². The van der Waals surface area contributed by atoms with E-state index in [0.717, 1.165) is 11.4 Å². The number of nitrogens with zero attached hydrogens (tertiary/aromatic N) is 1. The van der Waals surface area contributed by atoms with Gasteiger partial charge >= 0.3 is 0 Å². The molecule has 12 rings (SSSR count). The molecule has 1 saturated carbocycles. The number of fused-ring (bicyclic) bond motifs is 7. The van der Waals surface area contributed by atoms with E-state index >= 15 is 0 Å². The minimum atomic E-state index is -0.338. The highest BCUT2D eigenvalue weighted by Gasteiger charge is 2.41. The van der Waals surface area contributed by atoms with Gasteiger partial charge in [0.25, 0.3) is 0 Å². The number of hydrogen-bond donors (Lipinski definition) is 0. The Bertz CT molecular complexity index is 3350. The first-order valence-corrected chi connectivity index (χ1v) is 22.9. The van der Waals surface area contributed by atoms with Crippen molar-refractivity contribution in [2.75, 3.05) is 4.90 Å². The van der Waals surface area contributed by atoms with E-state index in [-0.39, 0.29) is 5.41 Å². The van der Waals surface area contributed by atoms with E-state index in [2.05, 4.69) is 224 Å². The van der Waals surface area contributed by atoms with Gasteiger partial charge < -0.3 is 4.90 Å². The molecule has 0 radical (unpaired) electrons. The van der Waals surface area contributed by atoms with Crippen LogP contribution in [0.5, 0.6) is 0 Å². The summed E-state index contributed by atoms with van der Waals surface area (Å²) in [6.45, 7) is 2.42. The van der Waals surface area contributed by atoms with Crippen LogP contribution in [-0.4, -0.2) is 0 Å². The lowest BCUT2D eigenvalue weighted by atomic mass is 9.74. The Hall–Kier alpha value is -7.22. The quantitative estimate of drug-likeness (QED) is 0.145. The Balaban J connectivity index is 1.14. The lowest BCUT2D eigenvalue weighted by Gasteiger charge is -2.33. The third-order valence-corrected chi connectivity index (χ3v) is 14.5. The molecular formula is C62H49N. The highest BCUT2D eigenvalue weighted by molar-refractivity contribution is 6.13. The van der Waals surface area contributed by atoms with E-state index in [0.29, 0.717) is 5.92 Å². The van der Waals surface area contributed by atoms with Gasteiger partial charge in [0.15, 0.2) is 0 Å². The lowest BCUT2D eigenvalue weighted by Crippen LogP contribution is -2.23. The third kappa shape index (κ3) is 6.05. The zero-order valence-electron chi connectivity index (χ0n) is 35.8. The van der Waals surface area contributed by atoms with Crippen LogP contribution in [0.25, 0.3) is 65.7 Å². The first-order valence-electron chi connectivity index (χ1n) is 22.9. The number of para-hydroxylation sites is 2. The molecule has 0 aromatic heterocycles. The van der Waals surface area contributed by atoms with Crippen molar-refractivity contribution in [1.82, 2.24) is 0 Å². The van der Waals surface area contributed by atoms with Crippen LogP contribution in [-0.2, 0) is 5.41 Å². The first kappa shape index (κ1) is 37.5. The Morgan fingerprint density at radius 1 is 0.397 bits per heavy atom. The van der Waals surface area contributed by atoms with Crippen LogP contribution in [0, 0.1) is 0 Å². The molecule has 0 aliphatic heterocycles. The average Bonchev–Trinajstić information content (AvgIpc) is 3.62. The molecule has 0 N–H and O–H groups in total. The summed E-state index contributed by atoms with van der Waals surface area (Å²) in [6, 6.07) is 79.8. The number of hydrogen-bond acceptors (Lipinski definition) is 1. The molecular weight excluding hydrogens is 759 g/mol. The van der Waals surface area contributed by atoms with Gasteiger partial charge in [0.2, 0.25) is 0 Å². The summed E-state index contributed by atoms with van der Waals surface area (Å²) in [7, 11) is 0. The molecule has 1 unspecified atom stereocenters. The van der Waals surface area contributed by atoms with Gasteiger partial charge in [-0.1, -0.05) is 207 Å². The van der Waals surface area contributed by atoms with Crippen molar-refractivity contribution in [2.45, 2.75) is 50.4 Å². The van der Waals surface area contributed by atoms with Crippen molar-refractivity contribution in [2.24, 2.45) is 0 Å². The van der Waals surface area contributed by atoms with Gasteiger partial charge in [-0.15, -0.1) is 0 Å². The van der Waals surface area contributed by atoms with Gasteiger partial charge in [0.05, 0.1) is 11.4 Å². The van der Waals surface area contributed by atoms with Crippen LogP contribution in [0.2, 0.25) is 0 Å². The zero-order valence-corrected chi connectivity index (χ0v) is 35.8. The van der Waals surface area contributed by atoms with Gasteiger partial charge in [-0.25, -0.2) is 0 Å². The van der Waals surface area contributed by atoms with Crippen LogP contribution in [0.15, 0.2) is 212 Å². The molecule has 10 aromatic rings. The highest BCUT2D eigenvalue weighted by atomic mass is 15.1. The zero-order chi connectivity index (χ0) is 41.9. The maximum Gasteiger partial charge on any atom is 0.0540 e. The Morgan fingerprint density at radius 2 is 0.984 bits per heavy atom. The Kier molecular flexibility index (Phi) is 9.11. The molecule has 0 amide bonds. The lowest BCUT2D eigenvalue weighted by molar-refractivity contribution is 0.445. The van der Waals surface area contributed by atoms with Crippen LogP contribution in [0.4, 0.5) is 17.1 Å². The van der Waals surface area contributed by atoms with Gasteiger partial charge in [0.1, 0.15) is 0 Å². The Morgan fingerprint density at radius 3 is 1.79 bits per heavy atom. The van der Waals surface area contributed by atoms with Crippen LogP contribution in [0.1, 0.15) is 67.2 Å². The van der Waals surface area contributed by atoms with E-state index in [1.807, 2.05) is 0 Å². The fourth-order valence-corrected chi connectivity index (χ4v) is 11.5. The second-order valence-corrected chi connectivity index (χ2v) is 17.9. The van der Waals surface area contributed by atoms with Crippen molar-refractivity contribution >= 4 is 49.4 Å². The van der Waals surface area contributed by atoms with Crippen LogP contribution >= 0.6 is 0 Å². The molecule has 2 aliphatic rings. The minimum absolute atomic E-state index is 0.338. The maximum absolute atomic E-state index is 2.57. The van der Waals surface area contributed by atoms with E-state index < -0.39 is 0 Å². The fourth-order valence-electron chi connectivity index (χ4n) is 11.5. The van der Waals surface area contributed by atoms with Gasteiger partial charge in [-0.3, -0.25) is 0 Å². The summed E-state index contributed by atoms with van der Waals surface area (Å²) in [6.07, 6.45) is 6.46. The molecule has 1 heteroatoms. The summed E-state index contributed by atoms with van der Waals surface area (Å²) < 4.78 is 0. The molecule has 0 bridgehead atoms. The molecule has 1 nitrogen and oxygen atoms in total. The standard InChI is InChI=1S/C62H49N/c1-62(45-24-6-3-7-25-45)57-34-13-10-27-52(57)53-40-38-46(41-58(53)62)63(59-35-14-11-28-54(59)50-32-18-31-49-47-26-9-8-21-43(47)37-39-51(49)50)60-36-15-12-29-55(60)56-33-17-23-44-22-16-30-48(61(44)56)42-19-4-2-5-20-42/h3,6-18,21-42H,2,4-5,19-20H2,1H3. The average molecular weight is 808 g/mol. The van der Waals surface area contributed by atoms with Crippen molar-refractivity contribution in [3.05, 3.63) is 235 Å². The summed E-state index contributed by atoms with van der Waals surface area (Å²) >= 11 is 0. The smallest absolute Gasteiger partial charge is 0.0540 e. The van der Waals surface area contributed by atoms with Crippen molar-refractivity contribution in [3.8, 4) is 33.4 Å². The predicted octanol–water partition coefficient (Wildman–Crippen LogP) is 17.3.